The van der Waals surface area contributed by atoms with Gasteiger partial charge in [0.15, 0.2) is 23.0 Å². The molecule has 0 fully saturated rings. The van der Waals surface area contributed by atoms with Gasteiger partial charge in [-0.2, -0.15) is 9.97 Å². The minimum atomic E-state index is -0.823. The number of hydrogen-bond donors (Lipinski definition) is 0. The van der Waals surface area contributed by atoms with Crippen LogP contribution >= 0.6 is 0 Å². The predicted molar refractivity (Wildman–Crippen MR) is 199 cm³/mol. The lowest BCUT2D eigenvalue weighted by Gasteiger charge is -2.19. The number of pyridine rings is 4. The van der Waals surface area contributed by atoms with Gasteiger partial charge in [0.1, 0.15) is 11.6 Å². The Morgan fingerprint density at radius 2 is 0.907 bits per heavy atom. The first kappa shape index (κ1) is 32.3. The molecular weight excluding hydrogens is 688 g/mol. The first-order valence-corrected chi connectivity index (χ1v) is 17.0. The van der Waals surface area contributed by atoms with E-state index in [0.29, 0.717) is 57.9 Å². The summed E-state index contributed by atoms with van der Waals surface area (Å²) < 4.78 is 5.19. The van der Waals surface area contributed by atoms with Crippen LogP contribution in [0.5, 0.6) is 0 Å². The maximum atomic E-state index is 14.1. The summed E-state index contributed by atoms with van der Waals surface area (Å²) in [5.41, 5.74) is 0.782. The van der Waals surface area contributed by atoms with Crippen LogP contribution in [0.15, 0.2) is 117 Å². The molecule has 0 spiro atoms. The largest absolute Gasteiger partial charge is 0.358 e. The molecule has 0 saturated carbocycles. The molecule has 262 valence electrons. The van der Waals surface area contributed by atoms with Gasteiger partial charge in [-0.3, -0.25) is 19.6 Å². The molecule has 0 unspecified atom stereocenters. The van der Waals surface area contributed by atoms with E-state index in [1.807, 2.05) is 26.0 Å². The van der Waals surface area contributed by atoms with Crippen molar-refractivity contribution in [1.82, 2.24) is 58.1 Å². The minimum Gasteiger partial charge on any atom is -0.323 e. The Morgan fingerprint density at radius 1 is 0.481 bits per heavy atom. The second-order valence-corrected chi connectivity index (χ2v) is 12.1. The van der Waals surface area contributed by atoms with E-state index in [1.54, 1.807) is 94.3 Å². The van der Waals surface area contributed by atoms with Crippen molar-refractivity contribution in [3.05, 3.63) is 139 Å². The van der Waals surface area contributed by atoms with Gasteiger partial charge in [-0.05, 0) is 74.5 Å². The van der Waals surface area contributed by atoms with Gasteiger partial charge in [-0.25, -0.2) is 38.7 Å². The lowest BCUT2D eigenvalue weighted by atomic mass is 10.2. The van der Waals surface area contributed by atoms with Crippen molar-refractivity contribution >= 4 is 22.1 Å². The highest BCUT2D eigenvalue weighted by Gasteiger charge is 2.26. The number of rotatable bonds is 6. The van der Waals surface area contributed by atoms with Crippen molar-refractivity contribution in [3.8, 4) is 57.4 Å². The molecule has 0 radical (unpaired) electrons. The average molecular weight is 715 g/mol. The number of aryl methyl sites for hydroxylation is 2. The highest BCUT2D eigenvalue weighted by molar-refractivity contribution is 5.94. The van der Waals surface area contributed by atoms with Gasteiger partial charge in [0.25, 0.3) is 11.1 Å². The van der Waals surface area contributed by atoms with E-state index < -0.39 is 22.5 Å². The Hall–Kier alpha value is -7.62. The van der Waals surface area contributed by atoms with Crippen molar-refractivity contribution in [3.63, 3.8) is 0 Å². The second kappa shape index (κ2) is 12.6. The molecule has 0 N–H and O–H groups in total. The van der Waals surface area contributed by atoms with E-state index in [1.165, 1.54) is 0 Å². The smallest absolute Gasteiger partial charge is 0.323 e. The summed E-state index contributed by atoms with van der Waals surface area (Å²) in [5.74, 6) is 0.322. The van der Waals surface area contributed by atoms with Crippen LogP contribution in [0.3, 0.4) is 0 Å². The fourth-order valence-corrected chi connectivity index (χ4v) is 6.63. The molecule has 5 aromatic rings. The monoisotopic (exact) mass is 714 g/mol. The van der Waals surface area contributed by atoms with E-state index in [-0.39, 0.29) is 34.7 Å². The standard InChI is InChI=1S/C38H26N12O4/c1-3-47-27-19-26-28(20-25(27)43-31-33(47)45-37(53)49(35(31)51)29-15-9-13-23(41-29)21-11-5-7-17-39-21)48(4-2)34-32(44-26)36(52)50(38(54)46-34)30-16-10-14-24(42-30)22-12-6-8-18-40-22/h5-20H,3-4H2,1-2H3. The zero-order valence-corrected chi connectivity index (χ0v) is 28.7. The highest BCUT2D eigenvalue weighted by atomic mass is 16.2. The predicted octanol–water partition coefficient (Wildman–Crippen LogP) is 3.36. The van der Waals surface area contributed by atoms with E-state index in [4.69, 9.17) is 9.97 Å². The quantitative estimate of drug-likeness (QED) is 0.229. The average Bonchev–Trinajstić information content (AvgIpc) is 3.20. The summed E-state index contributed by atoms with van der Waals surface area (Å²) >= 11 is 0. The van der Waals surface area contributed by atoms with Crippen LogP contribution in [-0.4, -0.2) is 58.1 Å². The number of aromatic nitrogens is 12. The van der Waals surface area contributed by atoms with Crippen LogP contribution < -0.4 is 22.5 Å². The molecule has 0 saturated heterocycles. The third kappa shape index (κ3) is 5.07. The van der Waals surface area contributed by atoms with Gasteiger partial charge in [0.05, 0.1) is 44.8 Å². The van der Waals surface area contributed by atoms with Gasteiger partial charge < -0.3 is 9.13 Å². The number of benzene rings is 1. The first-order valence-electron chi connectivity index (χ1n) is 17.0. The molecule has 1 aromatic carbocycles. The van der Waals surface area contributed by atoms with Crippen LogP contribution in [0, 0.1) is 0 Å². The van der Waals surface area contributed by atoms with E-state index in [0.717, 1.165) is 9.13 Å². The maximum absolute atomic E-state index is 14.1. The zero-order chi connectivity index (χ0) is 37.1. The molecule has 8 heterocycles. The first-order chi connectivity index (χ1) is 26.3. The molecule has 4 aliphatic rings. The van der Waals surface area contributed by atoms with Crippen molar-refractivity contribution in [1.29, 1.82) is 0 Å². The fraction of sp³-hybridized carbons (Fsp3) is 0.105. The van der Waals surface area contributed by atoms with E-state index >= 15 is 0 Å². The summed E-state index contributed by atoms with van der Waals surface area (Å²) in [6.07, 6.45) is 3.25. The SMILES string of the molecule is CCn1c2nc(=O)n(-c3cccc(-c4ccccn4)n3)c(=O)c-2nc2cc3c(cc21)nc1c(=O)n(-c2cccc(-c4ccccn4)n2)c(=O)nc-1n3CC. The third-order valence-corrected chi connectivity index (χ3v) is 9.06. The molecule has 16 nitrogen and oxygen atoms in total. The number of fused-ring (bicyclic) bond motifs is 4. The topological polar surface area (TPSA) is 191 Å². The van der Waals surface area contributed by atoms with Gasteiger partial charge in [-0.1, -0.05) is 24.3 Å². The Labute approximate surface area is 303 Å². The van der Waals surface area contributed by atoms with Gasteiger partial charge in [-0.15, -0.1) is 0 Å². The minimum absolute atomic E-state index is 0.0478. The fourth-order valence-electron chi connectivity index (χ4n) is 6.63. The third-order valence-electron chi connectivity index (χ3n) is 9.06. The summed E-state index contributed by atoms with van der Waals surface area (Å²) in [6.45, 7) is 4.34. The molecule has 0 bridgehead atoms. The van der Waals surface area contributed by atoms with Crippen LogP contribution in [0.25, 0.3) is 79.5 Å². The van der Waals surface area contributed by atoms with Crippen LogP contribution in [0.2, 0.25) is 0 Å². The van der Waals surface area contributed by atoms with Crippen molar-refractivity contribution < 1.29 is 0 Å². The summed E-state index contributed by atoms with van der Waals surface area (Å²) in [6, 6.07) is 24.1. The number of hydrogen-bond acceptors (Lipinski definition) is 12. The molecule has 16 heteroatoms. The molecule has 0 atom stereocenters. The van der Waals surface area contributed by atoms with Crippen LogP contribution in [0.1, 0.15) is 13.8 Å². The highest BCUT2D eigenvalue weighted by Crippen LogP contribution is 2.28. The molecular formula is C38H26N12O4. The Bertz CT molecular complexity index is 2910. The number of nitrogens with zero attached hydrogens (tertiary/aromatic N) is 12. The van der Waals surface area contributed by atoms with E-state index in [9.17, 15) is 19.2 Å². The maximum Gasteiger partial charge on any atom is 0.358 e. The normalized spacial score (nSPS) is 11.6. The lowest BCUT2D eigenvalue weighted by Crippen LogP contribution is -2.38. The summed E-state index contributed by atoms with van der Waals surface area (Å²) in [5, 5.41) is 0. The van der Waals surface area contributed by atoms with E-state index in [2.05, 4.69) is 29.9 Å². The second-order valence-electron chi connectivity index (χ2n) is 12.1. The Morgan fingerprint density at radius 3 is 1.30 bits per heavy atom. The van der Waals surface area contributed by atoms with Gasteiger partial charge in [0.2, 0.25) is 0 Å². The van der Waals surface area contributed by atoms with Crippen LogP contribution in [-0.2, 0) is 13.1 Å². The molecule has 0 aliphatic carbocycles. The summed E-state index contributed by atoms with van der Waals surface area (Å²) in [4.78, 5) is 91.0. The molecule has 4 aliphatic heterocycles. The Balaban J connectivity index is 1.25. The molecule has 4 aromatic heterocycles. The molecule has 9 rings (SSSR count). The molecule has 0 amide bonds. The molecule has 54 heavy (non-hydrogen) atoms. The Kier molecular flexibility index (Phi) is 7.51. The van der Waals surface area contributed by atoms with Crippen molar-refractivity contribution in [2.45, 2.75) is 26.9 Å². The van der Waals surface area contributed by atoms with Crippen molar-refractivity contribution in [2.75, 3.05) is 0 Å². The summed E-state index contributed by atoms with van der Waals surface area (Å²) in [7, 11) is 0. The van der Waals surface area contributed by atoms with Crippen LogP contribution in [0.4, 0.5) is 0 Å². The van der Waals surface area contributed by atoms with Gasteiger partial charge in [0, 0.05) is 25.5 Å². The van der Waals surface area contributed by atoms with Gasteiger partial charge >= 0.3 is 11.4 Å². The van der Waals surface area contributed by atoms with Crippen molar-refractivity contribution in [2.24, 2.45) is 0 Å². The lowest BCUT2D eigenvalue weighted by molar-refractivity contribution is 0.736. The zero-order valence-electron chi connectivity index (χ0n) is 28.7.